The second kappa shape index (κ2) is 15.3. The lowest BCUT2D eigenvalue weighted by Crippen LogP contribution is -2.53. The van der Waals surface area contributed by atoms with Gasteiger partial charge in [0.15, 0.2) is 0 Å². The van der Waals surface area contributed by atoms with E-state index in [-0.39, 0.29) is 39.5 Å². The first-order valence-electron chi connectivity index (χ1n) is 14.3. The number of rotatable bonds is 13. The molecule has 236 valence electrons. The fourth-order valence-electron chi connectivity index (χ4n) is 4.86. The molecule has 11 heteroatoms. The van der Waals surface area contributed by atoms with Crippen molar-refractivity contribution in [3.8, 4) is 5.75 Å². The molecule has 0 saturated carbocycles. The third-order valence-electron chi connectivity index (χ3n) is 7.13. The Morgan fingerprint density at radius 1 is 0.867 bits per heavy atom. The lowest BCUT2D eigenvalue weighted by atomic mass is 10.0. The summed E-state index contributed by atoms with van der Waals surface area (Å²) in [6, 6.07) is 26.2. The quantitative estimate of drug-likeness (QED) is 0.181. The molecular weight excluding hydrogens is 633 g/mol. The number of anilines is 1. The summed E-state index contributed by atoms with van der Waals surface area (Å²) in [7, 11) is -2.74. The second-order valence-corrected chi connectivity index (χ2v) is 13.2. The van der Waals surface area contributed by atoms with Gasteiger partial charge in [-0.25, -0.2) is 8.42 Å². The van der Waals surface area contributed by atoms with E-state index in [0.29, 0.717) is 17.9 Å². The van der Waals surface area contributed by atoms with E-state index in [2.05, 4.69) is 5.32 Å². The third-order valence-corrected chi connectivity index (χ3v) is 9.36. The van der Waals surface area contributed by atoms with Crippen LogP contribution in [0.5, 0.6) is 5.75 Å². The van der Waals surface area contributed by atoms with Crippen molar-refractivity contribution >= 4 is 50.7 Å². The fourth-order valence-corrected chi connectivity index (χ4v) is 6.78. The first kappa shape index (κ1) is 33.8. The topological polar surface area (TPSA) is 96.0 Å². The smallest absolute Gasteiger partial charge is 0.264 e. The molecule has 0 unspecified atom stereocenters. The number of nitrogens with one attached hydrogen (secondary N) is 1. The van der Waals surface area contributed by atoms with Crippen molar-refractivity contribution in [3.05, 3.63) is 124 Å². The van der Waals surface area contributed by atoms with E-state index in [1.165, 1.54) is 35.2 Å². The van der Waals surface area contributed by atoms with Crippen LogP contribution in [0.25, 0.3) is 0 Å². The van der Waals surface area contributed by atoms with E-state index in [1.807, 2.05) is 43.3 Å². The number of sulfonamides is 1. The number of benzene rings is 4. The lowest BCUT2D eigenvalue weighted by molar-refractivity contribution is -0.140. The van der Waals surface area contributed by atoms with Crippen molar-refractivity contribution < 1.29 is 22.7 Å². The molecule has 2 amide bonds. The molecule has 1 atom stereocenters. The Morgan fingerprint density at radius 2 is 1.51 bits per heavy atom. The van der Waals surface area contributed by atoms with Crippen LogP contribution in [0.3, 0.4) is 0 Å². The highest BCUT2D eigenvalue weighted by Crippen LogP contribution is 2.30. The minimum absolute atomic E-state index is 0.0131. The van der Waals surface area contributed by atoms with Gasteiger partial charge >= 0.3 is 0 Å². The molecule has 0 radical (unpaired) electrons. The van der Waals surface area contributed by atoms with Crippen LogP contribution in [0.1, 0.15) is 23.6 Å². The van der Waals surface area contributed by atoms with Crippen LogP contribution in [-0.4, -0.2) is 51.4 Å². The summed E-state index contributed by atoms with van der Waals surface area (Å²) < 4.78 is 34.6. The number of hydrogen-bond acceptors (Lipinski definition) is 5. The van der Waals surface area contributed by atoms with Crippen molar-refractivity contribution in [3.63, 3.8) is 0 Å². The maximum Gasteiger partial charge on any atom is 0.264 e. The molecule has 1 N–H and O–H groups in total. The highest BCUT2D eigenvalue weighted by molar-refractivity contribution is 7.92. The number of ether oxygens (including phenoxy) is 1. The SMILES string of the molecule is CCNC(=O)[C@H](Cc1ccccc1)N(Cc1cccc(OC)c1)C(=O)CN(c1cc(Cl)cc(Cl)c1)S(=O)(=O)c1ccc(C)cc1. The summed E-state index contributed by atoms with van der Waals surface area (Å²) in [4.78, 5) is 29.5. The number of carbonyl (C=O) groups excluding carboxylic acids is 2. The molecule has 0 saturated heterocycles. The zero-order valence-electron chi connectivity index (χ0n) is 25.2. The predicted octanol–water partition coefficient (Wildman–Crippen LogP) is 6.28. The predicted molar refractivity (Wildman–Crippen MR) is 178 cm³/mol. The molecule has 8 nitrogen and oxygen atoms in total. The molecule has 0 aliphatic heterocycles. The Labute approximate surface area is 274 Å². The molecule has 0 fully saturated rings. The normalized spacial score (nSPS) is 11.8. The van der Waals surface area contributed by atoms with Crippen LogP contribution in [0.2, 0.25) is 10.0 Å². The molecule has 0 aromatic heterocycles. The summed E-state index contributed by atoms with van der Waals surface area (Å²) in [5.74, 6) is -0.386. The number of hydrogen-bond donors (Lipinski definition) is 1. The number of halogens is 2. The summed E-state index contributed by atoms with van der Waals surface area (Å²) in [5.41, 5.74) is 2.52. The van der Waals surface area contributed by atoms with Crippen molar-refractivity contribution in [2.75, 3.05) is 24.5 Å². The number of methoxy groups -OCH3 is 1. The number of carbonyl (C=O) groups is 2. The van der Waals surface area contributed by atoms with Crippen LogP contribution in [0, 0.1) is 6.92 Å². The minimum atomic E-state index is -4.28. The van der Waals surface area contributed by atoms with Crippen LogP contribution in [0.4, 0.5) is 5.69 Å². The highest BCUT2D eigenvalue weighted by Gasteiger charge is 2.34. The molecule has 4 aromatic carbocycles. The fraction of sp³-hybridized carbons (Fsp3) is 0.235. The maximum absolute atomic E-state index is 14.5. The Kier molecular flexibility index (Phi) is 11.5. The van der Waals surface area contributed by atoms with Gasteiger partial charge in [0, 0.05) is 29.6 Å². The molecular formula is C34H35Cl2N3O5S. The number of aryl methyl sites for hydroxylation is 1. The lowest BCUT2D eigenvalue weighted by Gasteiger charge is -2.34. The largest absolute Gasteiger partial charge is 0.497 e. The molecule has 0 heterocycles. The van der Waals surface area contributed by atoms with Gasteiger partial charge in [-0.05, 0) is 67.4 Å². The van der Waals surface area contributed by atoms with E-state index >= 15 is 0 Å². The molecule has 0 aliphatic carbocycles. The molecule has 4 aromatic rings. The van der Waals surface area contributed by atoms with Gasteiger partial charge in [-0.2, -0.15) is 0 Å². The van der Waals surface area contributed by atoms with E-state index in [0.717, 1.165) is 15.4 Å². The first-order chi connectivity index (χ1) is 21.5. The zero-order valence-corrected chi connectivity index (χ0v) is 27.6. The molecule has 0 spiro atoms. The standard InChI is InChI=1S/C34H35Cl2N3O5S/c1-4-37-34(41)32(18-25-9-6-5-7-10-25)38(22-26-11-8-12-30(17-26)44-3)33(40)23-39(29-20-27(35)19-28(36)21-29)45(42,43)31-15-13-24(2)14-16-31/h5-17,19-21,32H,4,18,22-23H2,1-3H3,(H,37,41)/t32-/m0/s1. The second-order valence-electron chi connectivity index (χ2n) is 10.4. The molecule has 45 heavy (non-hydrogen) atoms. The number of amides is 2. The van der Waals surface area contributed by atoms with Crippen LogP contribution in [0.15, 0.2) is 102 Å². The number of likely N-dealkylation sites (N-methyl/N-ethyl adjacent to an activating group) is 1. The van der Waals surface area contributed by atoms with Gasteiger partial charge in [-0.3, -0.25) is 13.9 Å². The van der Waals surface area contributed by atoms with Gasteiger partial charge < -0.3 is 15.0 Å². The van der Waals surface area contributed by atoms with E-state index in [9.17, 15) is 18.0 Å². The van der Waals surface area contributed by atoms with Gasteiger partial charge in [0.25, 0.3) is 10.0 Å². The Hall–Kier alpha value is -4.05. The van der Waals surface area contributed by atoms with Gasteiger partial charge in [-0.15, -0.1) is 0 Å². The number of nitrogens with zero attached hydrogens (tertiary/aromatic N) is 2. The van der Waals surface area contributed by atoms with Crippen molar-refractivity contribution in [1.82, 2.24) is 10.2 Å². The Balaban J connectivity index is 1.83. The van der Waals surface area contributed by atoms with Crippen molar-refractivity contribution in [2.45, 2.75) is 37.8 Å². The van der Waals surface area contributed by atoms with E-state index < -0.39 is 28.5 Å². The van der Waals surface area contributed by atoms with Crippen LogP contribution < -0.4 is 14.4 Å². The summed E-state index contributed by atoms with van der Waals surface area (Å²) in [6.45, 7) is 3.38. The van der Waals surface area contributed by atoms with Gasteiger partial charge in [0.1, 0.15) is 18.3 Å². The average Bonchev–Trinajstić information content (AvgIpc) is 3.01. The minimum Gasteiger partial charge on any atom is -0.497 e. The zero-order chi connectivity index (χ0) is 32.6. The first-order valence-corrected chi connectivity index (χ1v) is 16.5. The van der Waals surface area contributed by atoms with Crippen molar-refractivity contribution in [2.24, 2.45) is 0 Å². The monoisotopic (exact) mass is 667 g/mol. The maximum atomic E-state index is 14.5. The van der Waals surface area contributed by atoms with Gasteiger partial charge in [0.05, 0.1) is 17.7 Å². The van der Waals surface area contributed by atoms with Crippen LogP contribution in [-0.2, 0) is 32.6 Å². The Bertz CT molecular complexity index is 1710. The van der Waals surface area contributed by atoms with E-state index in [1.54, 1.807) is 44.4 Å². The summed E-state index contributed by atoms with van der Waals surface area (Å²) in [5, 5.41) is 3.25. The summed E-state index contributed by atoms with van der Waals surface area (Å²) >= 11 is 12.6. The highest BCUT2D eigenvalue weighted by atomic mass is 35.5. The van der Waals surface area contributed by atoms with Crippen LogP contribution >= 0.6 is 23.2 Å². The molecule has 0 aliphatic rings. The average molecular weight is 669 g/mol. The molecule has 4 rings (SSSR count). The van der Waals surface area contributed by atoms with E-state index in [4.69, 9.17) is 27.9 Å². The molecule has 0 bridgehead atoms. The van der Waals surface area contributed by atoms with Gasteiger partial charge in [-0.1, -0.05) is 83.4 Å². The Morgan fingerprint density at radius 3 is 2.13 bits per heavy atom. The van der Waals surface area contributed by atoms with Gasteiger partial charge in [0.2, 0.25) is 11.8 Å². The summed E-state index contributed by atoms with van der Waals surface area (Å²) in [6.07, 6.45) is 0.204. The van der Waals surface area contributed by atoms with Crippen molar-refractivity contribution in [1.29, 1.82) is 0 Å². The third kappa shape index (κ3) is 8.78.